The molecule has 2 heterocycles. The quantitative estimate of drug-likeness (QED) is 0.680. The topological polar surface area (TPSA) is 107 Å². The van der Waals surface area contributed by atoms with Crippen molar-refractivity contribution in [2.75, 3.05) is 11.1 Å². The van der Waals surface area contributed by atoms with E-state index in [0.29, 0.717) is 5.95 Å². The van der Waals surface area contributed by atoms with E-state index in [-0.39, 0.29) is 11.9 Å². The molecule has 21 heavy (non-hydrogen) atoms. The number of benzene rings is 1. The van der Waals surface area contributed by atoms with Gasteiger partial charge in [-0.3, -0.25) is 0 Å². The Kier molecular flexibility index (Phi) is 3.80. The maximum Gasteiger partial charge on any atom is 0.258 e. The van der Waals surface area contributed by atoms with Gasteiger partial charge in [-0.25, -0.2) is 4.98 Å². The molecule has 0 saturated carbocycles. The molecule has 2 aromatic heterocycles. The molecular weight excluding hydrogens is 404 g/mol. The second kappa shape index (κ2) is 5.74. The Hall–Kier alpha value is -2.07. The molecule has 3 rings (SSSR count). The summed E-state index contributed by atoms with van der Waals surface area (Å²) in [6, 6.07) is 5.70. The Balaban J connectivity index is 1.97. The van der Waals surface area contributed by atoms with Crippen LogP contribution in [0.4, 0.5) is 17.6 Å². The van der Waals surface area contributed by atoms with Crippen LogP contribution in [0.1, 0.15) is 0 Å². The number of rotatable bonds is 3. The van der Waals surface area contributed by atoms with Crippen LogP contribution in [0.25, 0.3) is 5.95 Å². The normalized spacial score (nSPS) is 10.6. The minimum Gasteiger partial charge on any atom is -0.368 e. The smallest absolute Gasteiger partial charge is 0.258 e. The minimum atomic E-state index is 0.0871. The molecule has 0 amide bonds. The maximum absolute atomic E-state index is 5.70. The first-order valence-corrected chi connectivity index (χ1v) is 7.29. The molecular formula is C11H8Br2N8. The van der Waals surface area contributed by atoms with Gasteiger partial charge in [0, 0.05) is 8.95 Å². The number of hydrogen-bond donors (Lipinski definition) is 2. The van der Waals surface area contributed by atoms with Crippen LogP contribution >= 0.6 is 31.9 Å². The van der Waals surface area contributed by atoms with E-state index < -0.39 is 0 Å². The third-order valence-electron chi connectivity index (χ3n) is 2.44. The van der Waals surface area contributed by atoms with E-state index in [1.165, 1.54) is 17.3 Å². The predicted molar refractivity (Wildman–Crippen MR) is 84.3 cm³/mol. The van der Waals surface area contributed by atoms with Crippen molar-refractivity contribution in [1.29, 1.82) is 0 Å². The molecule has 0 aliphatic rings. The molecule has 0 bridgehead atoms. The lowest BCUT2D eigenvalue weighted by molar-refractivity contribution is 0.800. The van der Waals surface area contributed by atoms with E-state index >= 15 is 0 Å². The van der Waals surface area contributed by atoms with Gasteiger partial charge in [0.1, 0.15) is 12.7 Å². The Morgan fingerprint density at radius 3 is 2.76 bits per heavy atom. The summed E-state index contributed by atoms with van der Waals surface area (Å²) in [6.07, 6.45) is 2.87. The zero-order chi connectivity index (χ0) is 14.8. The third-order valence-corrected chi connectivity index (χ3v) is 3.62. The van der Waals surface area contributed by atoms with E-state index in [4.69, 9.17) is 5.73 Å². The van der Waals surface area contributed by atoms with Crippen LogP contribution in [-0.4, -0.2) is 29.7 Å². The lowest BCUT2D eigenvalue weighted by atomic mass is 10.3. The minimum absolute atomic E-state index is 0.0871. The molecule has 0 unspecified atom stereocenters. The van der Waals surface area contributed by atoms with Gasteiger partial charge in [0.15, 0.2) is 0 Å². The van der Waals surface area contributed by atoms with Gasteiger partial charge >= 0.3 is 0 Å². The van der Waals surface area contributed by atoms with Gasteiger partial charge in [-0.2, -0.15) is 24.7 Å². The number of nitrogens with one attached hydrogen (secondary N) is 1. The third kappa shape index (κ3) is 3.16. The second-order valence-corrected chi connectivity index (χ2v) is 5.68. The largest absolute Gasteiger partial charge is 0.368 e. The zero-order valence-electron chi connectivity index (χ0n) is 10.4. The molecule has 0 aliphatic heterocycles. The Bertz CT molecular complexity index is 774. The molecule has 106 valence electrons. The van der Waals surface area contributed by atoms with Gasteiger partial charge in [-0.1, -0.05) is 15.9 Å². The lowest BCUT2D eigenvalue weighted by Crippen LogP contribution is -2.09. The van der Waals surface area contributed by atoms with Crippen LogP contribution in [0.2, 0.25) is 0 Å². The van der Waals surface area contributed by atoms with Crippen molar-refractivity contribution >= 4 is 49.4 Å². The van der Waals surface area contributed by atoms with Crippen molar-refractivity contribution < 1.29 is 0 Å². The Labute approximate surface area is 136 Å². The number of nitrogens with two attached hydrogens (primary N) is 1. The van der Waals surface area contributed by atoms with Crippen molar-refractivity contribution in [3.63, 3.8) is 0 Å². The lowest BCUT2D eigenvalue weighted by Gasteiger charge is -2.09. The van der Waals surface area contributed by atoms with E-state index in [9.17, 15) is 0 Å². The van der Waals surface area contributed by atoms with Gasteiger partial charge in [0.05, 0.1) is 5.69 Å². The first kappa shape index (κ1) is 13.9. The average molecular weight is 412 g/mol. The van der Waals surface area contributed by atoms with Crippen molar-refractivity contribution in [2.45, 2.75) is 0 Å². The van der Waals surface area contributed by atoms with Crippen LogP contribution in [-0.2, 0) is 0 Å². The highest BCUT2D eigenvalue weighted by Gasteiger charge is 2.09. The molecule has 8 nitrogen and oxygen atoms in total. The maximum atomic E-state index is 5.70. The summed E-state index contributed by atoms with van der Waals surface area (Å²) >= 11 is 6.86. The number of nitrogens with zero attached hydrogens (tertiary/aromatic N) is 6. The highest BCUT2D eigenvalue weighted by atomic mass is 79.9. The molecule has 0 aliphatic carbocycles. The van der Waals surface area contributed by atoms with E-state index in [0.717, 1.165) is 14.6 Å². The van der Waals surface area contributed by atoms with Gasteiger partial charge in [-0.05, 0) is 34.1 Å². The summed E-state index contributed by atoms with van der Waals surface area (Å²) in [6.45, 7) is 0. The summed E-state index contributed by atoms with van der Waals surface area (Å²) in [7, 11) is 0. The molecule has 1 aromatic carbocycles. The van der Waals surface area contributed by atoms with Gasteiger partial charge in [0.25, 0.3) is 5.95 Å². The highest BCUT2D eigenvalue weighted by Crippen LogP contribution is 2.28. The van der Waals surface area contributed by atoms with Crippen LogP contribution in [0.15, 0.2) is 39.8 Å². The van der Waals surface area contributed by atoms with Crippen LogP contribution in [0.3, 0.4) is 0 Å². The average Bonchev–Trinajstić information content (AvgIpc) is 2.96. The fraction of sp³-hybridized carbons (Fsp3) is 0. The van der Waals surface area contributed by atoms with E-state index in [1.807, 2.05) is 18.2 Å². The number of halogens is 2. The summed E-state index contributed by atoms with van der Waals surface area (Å²) in [5.41, 5.74) is 6.49. The standard InChI is InChI=1S/C11H8Br2N8/c12-6-1-2-7(13)8(3-6)17-10-18-9(14)19-11(20-10)21-5-15-4-16-21/h1-5H,(H3,14,17,18,19,20). The monoisotopic (exact) mass is 410 g/mol. The Morgan fingerprint density at radius 2 is 2.00 bits per heavy atom. The molecule has 0 spiro atoms. The van der Waals surface area contributed by atoms with E-state index in [1.54, 1.807) is 0 Å². The van der Waals surface area contributed by atoms with Crippen molar-refractivity contribution in [3.8, 4) is 5.95 Å². The summed E-state index contributed by atoms with van der Waals surface area (Å²) in [5.74, 6) is 0.685. The van der Waals surface area contributed by atoms with Crippen LogP contribution < -0.4 is 11.1 Å². The highest BCUT2D eigenvalue weighted by molar-refractivity contribution is 9.11. The van der Waals surface area contributed by atoms with E-state index in [2.05, 4.69) is 62.2 Å². The molecule has 0 saturated heterocycles. The van der Waals surface area contributed by atoms with Crippen molar-refractivity contribution in [2.24, 2.45) is 0 Å². The predicted octanol–water partition coefficient (Wildman–Crippen LogP) is 2.30. The number of nitrogen functional groups attached to an aromatic ring is 1. The summed E-state index contributed by atoms with van der Waals surface area (Å²) in [5, 5.41) is 7.04. The summed E-state index contributed by atoms with van der Waals surface area (Å²) in [4.78, 5) is 16.2. The molecule has 3 N–H and O–H groups in total. The van der Waals surface area contributed by atoms with Crippen LogP contribution in [0, 0.1) is 0 Å². The molecule has 3 aromatic rings. The van der Waals surface area contributed by atoms with Gasteiger partial charge in [-0.15, -0.1) is 0 Å². The first-order valence-electron chi connectivity index (χ1n) is 5.70. The van der Waals surface area contributed by atoms with Crippen LogP contribution in [0.5, 0.6) is 0 Å². The molecule has 0 radical (unpaired) electrons. The van der Waals surface area contributed by atoms with Crippen molar-refractivity contribution in [1.82, 2.24) is 29.7 Å². The molecule has 0 fully saturated rings. The number of aromatic nitrogens is 6. The van der Waals surface area contributed by atoms with Gasteiger partial charge in [0.2, 0.25) is 11.9 Å². The fourth-order valence-electron chi connectivity index (χ4n) is 1.56. The number of hydrogen-bond acceptors (Lipinski definition) is 7. The molecule has 10 heteroatoms. The Morgan fingerprint density at radius 1 is 1.14 bits per heavy atom. The second-order valence-electron chi connectivity index (χ2n) is 3.91. The SMILES string of the molecule is Nc1nc(Nc2cc(Br)ccc2Br)nc(-n2cncn2)n1. The number of anilines is 3. The fourth-order valence-corrected chi connectivity index (χ4v) is 2.27. The van der Waals surface area contributed by atoms with Crippen molar-refractivity contribution in [3.05, 3.63) is 39.8 Å². The summed E-state index contributed by atoms with van der Waals surface area (Å²) < 4.78 is 3.19. The molecule has 0 atom stereocenters. The zero-order valence-corrected chi connectivity index (χ0v) is 13.6. The van der Waals surface area contributed by atoms with Gasteiger partial charge < -0.3 is 11.1 Å². The first-order chi connectivity index (χ1) is 10.1.